The molecule has 5 nitrogen and oxygen atoms in total. The third-order valence-corrected chi connectivity index (χ3v) is 2.25. The summed E-state index contributed by atoms with van der Waals surface area (Å²) in [6.45, 7) is 3.16. The molecule has 5 heteroatoms. The molecule has 17 heavy (non-hydrogen) atoms. The van der Waals surface area contributed by atoms with Crippen molar-refractivity contribution in [3.63, 3.8) is 0 Å². The van der Waals surface area contributed by atoms with Crippen molar-refractivity contribution >= 4 is 5.97 Å². The SMILES string of the molecule is CC/C(=C/CNCc1cccnn1)C(=O)OC. The lowest BCUT2D eigenvalue weighted by Crippen LogP contribution is -2.16. The molecule has 0 bridgehead atoms. The van der Waals surface area contributed by atoms with Crippen LogP contribution < -0.4 is 5.32 Å². The molecule has 0 saturated heterocycles. The average molecular weight is 235 g/mol. The van der Waals surface area contributed by atoms with Crippen molar-refractivity contribution in [1.82, 2.24) is 15.5 Å². The summed E-state index contributed by atoms with van der Waals surface area (Å²) in [5.74, 6) is -0.270. The Balaban J connectivity index is 2.36. The maximum atomic E-state index is 11.3. The molecule has 92 valence electrons. The van der Waals surface area contributed by atoms with Crippen LogP contribution in [-0.4, -0.2) is 29.8 Å². The molecule has 1 N–H and O–H groups in total. The zero-order chi connectivity index (χ0) is 12.5. The Bertz CT molecular complexity index is 377. The highest BCUT2D eigenvalue weighted by atomic mass is 16.5. The van der Waals surface area contributed by atoms with E-state index in [2.05, 4.69) is 20.3 Å². The van der Waals surface area contributed by atoms with Crippen molar-refractivity contribution in [3.05, 3.63) is 35.7 Å². The van der Waals surface area contributed by atoms with Gasteiger partial charge in [0, 0.05) is 24.9 Å². The molecular formula is C12H17N3O2. The van der Waals surface area contributed by atoms with Crippen LogP contribution in [0.5, 0.6) is 0 Å². The lowest BCUT2D eigenvalue weighted by atomic mass is 10.2. The summed E-state index contributed by atoms with van der Waals surface area (Å²) in [4.78, 5) is 11.3. The summed E-state index contributed by atoms with van der Waals surface area (Å²) in [7, 11) is 1.39. The van der Waals surface area contributed by atoms with Crippen LogP contribution in [0.15, 0.2) is 30.0 Å². The second kappa shape index (κ2) is 7.51. The van der Waals surface area contributed by atoms with Gasteiger partial charge in [0.25, 0.3) is 0 Å². The van der Waals surface area contributed by atoms with E-state index in [0.29, 0.717) is 25.1 Å². The van der Waals surface area contributed by atoms with Gasteiger partial charge in [-0.25, -0.2) is 4.79 Å². The van der Waals surface area contributed by atoms with Crippen molar-refractivity contribution in [2.75, 3.05) is 13.7 Å². The molecule has 0 aliphatic rings. The van der Waals surface area contributed by atoms with Gasteiger partial charge in [-0.2, -0.15) is 10.2 Å². The molecule has 1 aromatic rings. The lowest BCUT2D eigenvalue weighted by Gasteiger charge is -2.03. The van der Waals surface area contributed by atoms with Gasteiger partial charge >= 0.3 is 5.97 Å². The van der Waals surface area contributed by atoms with Crippen LogP contribution in [0.1, 0.15) is 19.0 Å². The van der Waals surface area contributed by atoms with Crippen LogP contribution in [0.4, 0.5) is 0 Å². The molecule has 0 fully saturated rings. The lowest BCUT2D eigenvalue weighted by molar-refractivity contribution is -0.136. The first kappa shape index (κ1) is 13.3. The minimum absolute atomic E-state index is 0.270. The fourth-order valence-electron chi connectivity index (χ4n) is 1.33. The second-order valence-corrected chi connectivity index (χ2v) is 3.42. The van der Waals surface area contributed by atoms with Crippen molar-refractivity contribution in [2.45, 2.75) is 19.9 Å². The monoisotopic (exact) mass is 235 g/mol. The molecule has 0 radical (unpaired) electrons. The topological polar surface area (TPSA) is 64.1 Å². The van der Waals surface area contributed by atoms with Gasteiger partial charge in [0.15, 0.2) is 0 Å². The molecule has 0 aromatic carbocycles. The number of carbonyl (C=O) groups is 1. The number of aromatic nitrogens is 2. The van der Waals surface area contributed by atoms with E-state index in [0.717, 1.165) is 5.69 Å². The maximum Gasteiger partial charge on any atom is 0.333 e. The number of methoxy groups -OCH3 is 1. The zero-order valence-electron chi connectivity index (χ0n) is 10.1. The summed E-state index contributed by atoms with van der Waals surface area (Å²) in [6, 6.07) is 3.73. The van der Waals surface area contributed by atoms with Crippen molar-refractivity contribution in [1.29, 1.82) is 0 Å². The van der Waals surface area contributed by atoms with Gasteiger partial charge in [-0.15, -0.1) is 0 Å². The number of hydrogen-bond acceptors (Lipinski definition) is 5. The Morgan fingerprint density at radius 1 is 1.59 bits per heavy atom. The van der Waals surface area contributed by atoms with E-state index < -0.39 is 0 Å². The minimum Gasteiger partial charge on any atom is -0.466 e. The maximum absolute atomic E-state index is 11.3. The van der Waals surface area contributed by atoms with E-state index in [9.17, 15) is 4.79 Å². The van der Waals surface area contributed by atoms with Crippen molar-refractivity contribution in [3.8, 4) is 0 Å². The van der Waals surface area contributed by atoms with Gasteiger partial charge in [0.2, 0.25) is 0 Å². The van der Waals surface area contributed by atoms with Crippen LogP contribution in [0.3, 0.4) is 0 Å². The Morgan fingerprint density at radius 3 is 3.00 bits per heavy atom. The summed E-state index contributed by atoms with van der Waals surface area (Å²) in [5.41, 5.74) is 1.55. The van der Waals surface area contributed by atoms with E-state index in [1.54, 1.807) is 6.20 Å². The van der Waals surface area contributed by atoms with Crippen LogP contribution in [0.2, 0.25) is 0 Å². The molecule has 0 atom stereocenters. The van der Waals surface area contributed by atoms with E-state index in [4.69, 9.17) is 0 Å². The van der Waals surface area contributed by atoms with Crippen LogP contribution >= 0.6 is 0 Å². The summed E-state index contributed by atoms with van der Waals surface area (Å²) in [5, 5.41) is 10.9. The second-order valence-electron chi connectivity index (χ2n) is 3.42. The van der Waals surface area contributed by atoms with E-state index >= 15 is 0 Å². The minimum atomic E-state index is -0.270. The third kappa shape index (κ3) is 4.74. The largest absolute Gasteiger partial charge is 0.466 e. The molecule has 1 rings (SSSR count). The van der Waals surface area contributed by atoms with Crippen LogP contribution in [-0.2, 0) is 16.1 Å². The summed E-state index contributed by atoms with van der Waals surface area (Å²) >= 11 is 0. The highest BCUT2D eigenvalue weighted by Crippen LogP contribution is 2.01. The first-order valence-corrected chi connectivity index (χ1v) is 5.52. The molecule has 1 aromatic heterocycles. The molecule has 0 aliphatic heterocycles. The standard InChI is InChI=1S/C12H17N3O2/c1-3-10(12(16)17-2)6-8-13-9-11-5-4-7-14-15-11/h4-7,13H,3,8-9H2,1-2H3/b10-6-. The van der Waals surface area contributed by atoms with Gasteiger partial charge in [-0.1, -0.05) is 13.0 Å². The summed E-state index contributed by atoms with van der Waals surface area (Å²) < 4.78 is 4.66. The highest BCUT2D eigenvalue weighted by molar-refractivity contribution is 5.88. The number of nitrogens with zero attached hydrogens (tertiary/aromatic N) is 2. The van der Waals surface area contributed by atoms with Gasteiger partial charge in [-0.3, -0.25) is 0 Å². The normalized spacial score (nSPS) is 11.3. The molecular weight excluding hydrogens is 218 g/mol. The van der Waals surface area contributed by atoms with E-state index in [1.165, 1.54) is 7.11 Å². The van der Waals surface area contributed by atoms with Crippen molar-refractivity contribution < 1.29 is 9.53 Å². The molecule has 0 saturated carbocycles. The van der Waals surface area contributed by atoms with Crippen LogP contribution in [0.25, 0.3) is 0 Å². The fraction of sp³-hybridized carbons (Fsp3) is 0.417. The first-order valence-electron chi connectivity index (χ1n) is 5.52. The predicted molar refractivity (Wildman–Crippen MR) is 64.1 cm³/mol. The van der Waals surface area contributed by atoms with E-state index in [-0.39, 0.29) is 5.97 Å². The number of rotatable bonds is 6. The first-order chi connectivity index (χ1) is 8.27. The van der Waals surface area contributed by atoms with Crippen LogP contribution in [0, 0.1) is 0 Å². The Hall–Kier alpha value is -1.75. The Labute approximate surface area is 101 Å². The highest BCUT2D eigenvalue weighted by Gasteiger charge is 2.05. The average Bonchev–Trinajstić information content (AvgIpc) is 2.39. The molecule has 1 heterocycles. The molecule has 0 unspecified atom stereocenters. The van der Waals surface area contributed by atoms with Gasteiger partial charge in [-0.05, 0) is 18.6 Å². The molecule has 0 amide bonds. The number of ether oxygens (including phenoxy) is 1. The molecule has 0 spiro atoms. The smallest absolute Gasteiger partial charge is 0.333 e. The number of hydrogen-bond donors (Lipinski definition) is 1. The summed E-state index contributed by atoms with van der Waals surface area (Å²) in [6.07, 6.45) is 4.14. The van der Waals surface area contributed by atoms with E-state index in [1.807, 2.05) is 25.1 Å². The van der Waals surface area contributed by atoms with Gasteiger partial charge < -0.3 is 10.1 Å². The number of carbonyl (C=O) groups excluding carboxylic acids is 1. The van der Waals surface area contributed by atoms with Gasteiger partial charge in [0.1, 0.15) is 0 Å². The third-order valence-electron chi connectivity index (χ3n) is 2.25. The predicted octanol–water partition coefficient (Wildman–Crippen LogP) is 1.08. The quantitative estimate of drug-likeness (QED) is 0.454. The number of nitrogens with one attached hydrogen (secondary N) is 1. The van der Waals surface area contributed by atoms with Gasteiger partial charge in [0.05, 0.1) is 12.8 Å². The zero-order valence-corrected chi connectivity index (χ0v) is 10.1. The molecule has 0 aliphatic carbocycles. The number of esters is 1. The Morgan fingerprint density at radius 2 is 2.41 bits per heavy atom. The van der Waals surface area contributed by atoms with Crippen molar-refractivity contribution in [2.24, 2.45) is 0 Å². The fourth-order valence-corrected chi connectivity index (χ4v) is 1.33. The Kier molecular flexibility index (Phi) is 5.88.